The molecule has 0 spiro atoms. The summed E-state index contributed by atoms with van der Waals surface area (Å²) in [4.78, 5) is 19.9. The molecular formula is C10H10BrClN4O. The van der Waals surface area contributed by atoms with Crippen LogP contribution in [0.5, 0.6) is 0 Å². The first-order chi connectivity index (χ1) is 8.13. The normalized spacial score (nSPS) is 10.8. The van der Waals surface area contributed by atoms with E-state index < -0.39 is 0 Å². The van der Waals surface area contributed by atoms with Gasteiger partial charge in [0.05, 0.1) is 24.9 Å². The van der Waals surface area contributed by atoms with Crippen LogP contribution in [0.4, 0.5) is 0 Å². The van der Waals surface area contributed by atoms with E-state index >= 15 is 0 Å². The van der Waals surface area contributed by atoms with Crippen molar-refractivity contribution in [3.05, 3.63) is 44.5 Å². The van der Waals surface area contributed by atoms with E-state index in [-0.39, 0.29) is 15.2 Å². The van der Waals surface area contributed by atoms with Gasteiger partial charge in [-0.2, -0.15) is 0 Å². The van der Waals surface area contributed by atoms with E-state index in [1.807, 2.05) is 11.5 Å². The van der Waals surface area contributed by atoms with E-state index in [2.05, 4.69) is 25.9 Å². The van der Waals surface area contributed by atoms with Gasteiger partial charge in [0.1, 0.15) is 4.47 Å². The molecule has 0 bridgehead atoms. The van der Waals surface area contributed by atoms with Crippen LogP contribution in [0.15, 0.2) is 28.1 Å². The molecule has 0 fully saturated rings. The third-order valence-corrected chi connectivity index (χ3v) is 3.64. The van der Waals surface area contributed by atoms with Gasteiger partial charge < -0.3 is 4.57 Å². The van der Waals surface area contributed by atoms with Gasteiger partial charge in [-0.25, -0.2) is 9.97 Å². The van der Waals surface area contributed by atoms with E-state index in [4.69, 9.17) is 11.6 Å². The Morgan fingerprint density at radius 1 is 1.41 bits per heavy atom. The largest absolute Gasteiger partial charge is 0.333 e. The molecule has 0 aliphatic carbocycles. The van der Waals surface area contributed by atoms with Gasteiger partial charge in [-0.3, -0.25) is 9.36 Å². The second-order valence-electron chi connectivity index (χ2n) is 3.45. The summed E-state index contributed by atoms with van der Waals surface area (Å²) in [5, 5.41) is 0.176. The summed E-state index contributed by atoms with van der Waals surface area (Å²) >= 11 is 8.86. The van der Waals surface area contributed by atoms with Crippen LogP contribution in [0, 0.1) is 0 Å². The molecule has 2 rings (SSSR count). The van der Waals surface area contributed by atoms with Crippen LogP contribution in [-0.4, -0.2) is 19.1 Å². The zero-order valence-electron chi connectivity index (χ0n) is 9.10. The van der Waals surface area contributed by atoms with Gasteiger partial charge >= 0.3 is 0 Å². The average molecular weight is 318 g/mol. The summed E-state index contributed by atoms with van der Waals surface area (Å²) in [6.45, 7) is 3.26. The van der Waals surface area contributed by atoms with Gasteiger partial charge in [-0.05, 0) is 22.9 Å². The first-order valence-corrected chi connectivity index (χ1v) is 6.20. The predicted octanol–water partition coefficient (Wildman–Crippen LogP) is 1.92. The number of imidazole rings is 1. The van der Waals surface area contributed by atoms with Gasteiger partial charge in [0.15, 0.2) is 5.15 Å². The van der Waals surface area contributed by atoms with Crippen molar-refractivity contribution in [1.29, 1.82) is 0 Å². The first kappa shape index (κ1) is 12.3. The Morgan fingerprint density at radius 2 is 2.18 bits per heavy atom. The number of halogens is 2. The molecule has 0 unspecified atom stereocenters. The van der Waals surface area contributed by atoms with Crippen molar-refractivity contribution in [2.75, 3.05) is 0 Å². The van der Waals surface area contributed by atoms with Crippen molar-refractivity contribution in [1.82, 2.24) is 19.1 Å². The molecule has 0 aliphatic heterocycles. The molecule has 0 radical (unpaired) electrons. The van der Waals surface area contributed by atoms with Crippen molar-refractivity contribution in [2.24, 2.45) is 0 Å². The molecule has 7 heteroatoms. The third kappa shape index (κ3) is 2.42. The van der Waals surface area contributed by atoms with Gasteiger partial charge in [0.2, 0.25) is 0 Å². The molecule has 2 aromatic rings. The lowest BCUT2D eigenvalue weighted by Gasteiger charge is -2.08. The Bertz CT molecular complexity index is 592. The van der Waals surface area contributed by atoms with Crippen molar-refractivity contribution in [3.8, 4) is 0 Å². The fraction of sp³-hybridized carbons (Fsp3) is 0.300. The molecule has 0 aromatic carbocycles. The fourth-order valence-corrected chi connectivity index (χ4v) is 1.95. The van der Waals surface area contributed by atoms with E-state index in [0.29, 0.717) is 6.54 Å². The van der Waals surface area contributed by atoms with Crippen molar-refractivity contribution in [3.63, 3.8) is 0 Å². The van der Waals surface area contributed by atoms with E-state index in [9.17, 15) is 4.79 Å². The van der Waals surface area contributed by atoms with E-state index in [1.165, 1.54) is 10.9 Å². The molecule has 0 saturated carbocycles. The van der Waals surface area contributed by atoms with Gasteiger partial charge in [0.25, 0.3) is 5.56 Å². The van der Waals surface area contributed by atoms with Crippen LogP contribution in [0.25, 0.3) is 0 Å². The van der Waals surface area contributed by atoms with Crippen LogP contribution in [0.3, 0.4) is 0 Å². The standard InChI is InChI=1S/C10H10BrClN4O/c1-2-15-5-13-3-7(15)4-16-6-14-9(12)8(11)10(16)17/h3,5-6H,2,4H2,1H3. The Kier molecular flexibility index (Phi) is 3.63. The molecule has 90 valence electrons. The zero-order chi connectivity index (χ0) is 12.4. The summed E-state index contributed by atoms with van der Waals surface area (Å²) in [6, 6.07) is 0. The number of hydrogen-bond acceptors (Lipinski definition) is 3. The minimum Gasteiger partial charge on any atom is -0.333 e. The minimum absolute atomic E-state index is 0.176. The van der Waals surface area contributed by atoms with E-state index in [0.717, 1.165) is 12.2 Å². The van der Waals surface area contributed by atoms with Crippen molar-refractivity contribution < 1.29 is 0 Å². The predicted molar refractivity (Wildman–Crippen MR) is 68.2 cm³/mol. The monoisotopic (exact) mass is 316 g/mol. The number of rotatable bonds is 3. The Labute approximate surface area is 111 Å². The molecular weight excluding hydrogens is 307 g/mol. The average Bonchev–Trinajstić information content (AvgIpc) is 2.77. The van der Waals surface area contributed by atoms with Crippen molar-refractivity contribution in [2.45, 2.75) is 20.0 Å². The number of aromatic nitrogens is 4. The highest BCUT2D eigenvalue weighted by Crippen LogP contribution is 2.14. The van der Waals surface area contributed by atoms with Gasteiger partial charge in [0, 0.05) is 12.7 Å². The summed E-state index contributed by atoms with van der Waals surface area (Å²) in [5.74, 6) is 0. The summed E-state index contributed by atoms with van der Waals surface area (Å²) < 4.78 is 3.73. The third-order valence-electron chi connectivity index (χ3n) is 2.41. The number of aryl methyl sites for hydroxylation is 1. The molecule has 0 N–H and O–H groups in total. The highest BCUT2D eigenvalue weighted by Gasteiger charge is 2.08. The Morgan fingerprint density at radius 3 is 2.88 bits per heavy atom. The lowest BCUT2D eigenvalue weighted by atomic mass is 10.4. The lowest BCUT2D eigenvalue weighted by Crippen LogP contribution is -2.23. The zero-order valence-corrected chi connectivity index (χ0v) is 11.4. The number of nitrogens with zero attached hydrogens (tertiary/aromatic N) is 4. The molecule has 2 heterocycles. The quantitative estimate of drug-likeness (QED) is 0.813. The summed E-state index contributed by atoms with van der Waals surface area (Å²) in [6.07, 6.45) is 4.90. The maximum Gasteiger partial charge on any atom is 0.269 e. The fourth-order valence-electron chi connectivity index (χ4n) is 1.50. The van der Waals surface area contributed by atoms with Crippen LogP contribution in [0.2, 0.25) is 5.15 Å². The summed E-state index contributed by atoms with van der Waals surface area (Å²) in [5.41, 5.74) is 0.750. The second kappa shape index (κ2) is 5.01. The summed E-state index contributed by atoms with van der Waals surface area (Å²) in [7, 11) is 0. The second-order valence-corrected chi connectivity index (χ2v) is 4.60. The highest BCUT2D eigenvalue weighted by atomic mass is 79.9. The van der Waals surface area contributed by atoms with E-state index in [1.54, 1.807) is 12.5 Å². The Balaban J connectivity index is 2.37. The minimum atomic E-state index is -0.200. The topological polar surface area (TPSA) is 52.7 Å². The lowest BCUT2D eigenvalue weighted by molar-refractivity contribution is 0.646. The highest BCUT2D eigenvalue weighted by molar-refractivity contribution is 9.10. The Hall–Kier alpha value is -1.14. The van der Waals surface area contributed by atoms with Crippen LogP contribution in [0.1, 0.15) is 12.6 Å². The molecule has 5 nitrogen and oxygen atoms in total. The van der Waals surface area contributed by atoms with Gasteiger partial charge in [-0.15, -0.1) is 0 Å². The molecule has 0 saturated heterocycles. The molecule has 17 heavy (non-hydrogen) atoms. The van der Waals surface area contributed by atoms with Crippen LogP contribution in [-0.2, 0) is 13.1 Å². The molecule has 0 atom stereocenters. The molecule has 0 aliphatic rings. The first-order valence-electron chi connectivity index (χ1n) is 5.03. The SMILES string of the molecule is CCn1cncc1Cn1cnc(Cl)c(Br)c1=O. The van der Waals surface area contributed by atoms with Crippen LogP contribution >= 0.6 is 27.5 Å². The van der Waals surface area contributed by atoms with Crippen LogP contribution < -0.4 is 5.56 Å². The van der Waals surface area contributed by atoms with Gasteiger partial charge in [-0.1, -0.05) is 11.6 Å². The van der Waals surface area contributed by atoms with Crippen molar-refractivity contribution >= 4 is 27.5 Å². The maximum absolute atomic E-state index is 11.9. The molecule has 2 aromatic heterocycles. The smallest absolute Gasteiger partial charge is 0.269 e. The number of hydrogen-bond donors (Lipinski definition) is 0. The molecule has 0 amide bonds. The maximum atomic E-state index is 11.9.